The molecule has 2 saturated heterocycles. The van der Waals surface area contributed by atoms with E-state index in [0.717, 1.165) is 18.4 Å². The second-order valence-electron chi connectivity index (χ2n) is 10.4. The number of likely N-dealkylation sites (tertiary alicyclic amines) is 1. The van der Waals surface area contributed by atoms with Crippen molar-refractivity contribution in [2.24, 2.45) is 11.8 Å². The van der Waals surface area contributed by atoms with Gasteiger partial charge in [-0.2, -0.15) is 0 Å². The molecule has 31 heavy (non-hydrogen) atoms. The molecule has 0 saturated carbocycles. The van der Waals surface area contributed by atoms with Gasteiger partial charge in [0.25, 0.3) is 0 Å². The van der Waals surface area contributed by atoms with Gasteiger partial charge in [0.15, 0.2) is 0 Å². The number of aryl methyl sites for hydroxylation is 1. The first-order chi connectivity index (χ1) is 14.5. The second-order valence-corrected chi connectivity index (χ2v) is 10.4. The Morgan fingerprint density at radius 1 is 1.10 bits per heavy atom. The molecular weight excluding hydrogens is 388 g/mol. The number of hydrogen-bond donors (Lipinski definition) is 3. The summed E-state index contributed by atoms with van der Waals surface area (Å²) in [6.45, 7) is 13.4. The summed E-state index contributed by atoms with van der Waals surface area (Å²) in [5.74, 6) is -0.860. The Labute approximate surface area is 189 Å². The molecule has 6 unspecified atom stereocenters. The highest BCUT2D eigenvalue weighted by Crippen LogP contribution is 2.39. The lowest BCUT2D eigenvalue weighted by Crippen LogP contribution is -2.56. The molecule has 0 radical (unpaired) electrons. The fraction of sp³-hybridized carbons (Fsp3) is 0.760. The van der Waals surface area contributed by atoms with Gasteiger partial charge < -0.3 is 10.2 Å². The number of nitrogens with zero attached hydrogens (tertiary/aromatic N) is 3. The molecule has 3 rings (SSSR count). The van der Waals surface area contributed by atoms with Crippen molar-refractivity contribution in [2.45, 2.75) is 104 Å². The number of rotatable bonds is 8. The standard InChI is InChI=1S/C25H44N4O2/c1-17(2)24-27(7)26-21(6)28(24)19(4)16-23-15-18(3)20(5)29(23)25(30,31)14-13-22-11-9-8-10-12-22/h8-12,17-21,23-24,26,30-31H,13-16H2,1-7H3. The summed E-state index contributed by atoms with van der Waals surface area (Å²) in [4.78, 5) is 4.55. The third kappa shape index (κ3) is 5.32. The Kier molecular flexibility index (Phi) is 7.83. The molecule has 6 heteroatoms. The van der Waals surface area contributed by atoms with Crippen LogP contribution < -0.4 is 5.43 Å². The Bertz CT molecular complexity index is 698. The molecule has 0 amide bonds. The Morgan fingerprint density at radius 3 is 2.35 bits per heavy atom. The van der Waals surface area contributed by atoms with Crippen LogP contribution in [0.1, 0.15) is 66.4 Å². The lowest BCUT2D eigenvalue weighted by Gasteiger charge is -2.42. The normalized spacial score (nSPS) is 32.3. The third-order valence-corrected chi connectivity index (χ3v) is 7.56. The summed E-state index contributed by atoms with van der Waals surface area (Å²) >= 11 is 0. The highest BCUT2D eigenvalue weighted by Gasteiger charge is 2.48. The Morgan fingerprint density at radius 2 is 1.74 bits per heavy atom. The van der Waals surface area contributed by atoms with Crippen LogP contribution in [0.3, 0.4) is 0 Å². The Balaban J connectivity index is 1.73. The molecule has 0 spiro atoms. The minimum absolute atomic E-state index is 0.140. The summed E-state index contributed by atoms with van der Waals surface area (Å²) in [7, 11) is 2.12. The van der Waals surface area contributed by atoms with Crippen LogP contribution in [-0.4, -0.2) is 68.4 Å². The first-order valence-corrected chi connectivity index (χ1v) is 12.1. The number of aliphatic hydroxyl groups is 2. The fourth-order valence-electron chi connectivity index (χ4n) is 6.08. The number of hydrogen-bond acceptors (Lipinski definition) is 6. The van der Waals surface area contributed by atoms with E-state index in [1.165, 1.54) is 0 Å². The topological polar surface area (TPSA) is 62.2 Å². The van der Waals surface area contributed by atoms with Gasteiger partial charge in [-0.25, -0.2) is 15.3 Å². The van der Waals surface area contributed by atoms with Gasteiger partial charge in [-0.05, 0) is 57.4 Å². The van der Waals surface area contributed by atoms with Gasteiger partial charge in [-0.3, -0.25) is 4.90 Å². The maximum absolute atomic E-state index is 11.2. The molecule has 1 aromatic carbocycles. The molecular formula is C25H44N4O2. The largest absolute Gasteiger partial charge is 0.353 e. The number of hydrazine groups is 1. The van der Waals surface area contributed by atoms with Crippen molar-refractivity contribution in [3.63, 3.8) is 0 Å². The monoisotopic (exact) mass is 432 g/mol. The summed E-state index contributed by atoms with van der Waals surface area (Å²) in [5, 5.41) is 24.6. The highest BCUT2D eigenvalue weighted by atomic mass is 16.5. The molecule has 2 fully saturated rings. The maximum Gasteiger partial charge on any atom is 0.225 e. The quantitative estimate of drug-likeness (QED) is 0.549. The predicted octanol–water partition coefficient (Wildman–Crippen LogP) is 3.22. The van der Waals surface area contributed by atoms with Crippen molar-refractivity contribution in [3.8, 4) is 0 Å². The van der Waals surface area contributed by atoms with E-state index in [0.29, 0.717) is 36.9 Å². The van der Waals surface area contributed by atoms with Gasteiger partial charge in [0.1, 0.15) is 0 Å². The average molecular weight is 433 g/mol. The molecule has 3 N–H and O–H groups in total. The van der Waals surface area contributed by atoms with E-state index >= 15 is 0 Å². The van der Waals surface area contributed by atoms with Gasteiger partial charge in [0.2, 0.25) is 5.91 Å². The minimum atomic E-state index is -1.80. The van der Waals surface area contributed by atoms with E-state index < -0.39 is 5.91 Å². The van der Waals surface area contributed by atoms with Crippen LogP contribution in [0, 0.1) is 11.8 Å². The van der Waals surface area contributed by atoms with E-state index in [1.807, 2.05) is 23.1 Å². The minimum Gasteiger partial charge on any atom is -0.353 e. The molecule has 0 bridgehead atoms. The summed E-state index contributed by atoms with van der Waals surface area (Å²) in [6.07, 6.45) is 3.49. The van der Waals surface area contributed by atoms with Gasteiger partial charge in [-0.1, -0.05) is 51.1 Å². The van der Waals surface area contributed by atoms with E-state index in [4.69, 9.17) is 0 Å². The van der Waals surface area contributed by atoms with Gasteiger partial charge >= 0.3 is 0 Å². The summed E-state index contributed by atoms with van der Waals surface area (Å²) < 4.78 is 0. The zero-order valence-electron chi connectivity index (χ0n) is 20.5. The van der Waals surface area contributed by atoms with Crippen molar-refractivity contribution in [1.82, 2.24) is 20.2 Å². The van der Waals surface area contributed by atoms with E-state index in [9.17, 15) is 10.2 Å². The molecule has 0 aromatic heterocycles. The van der Waals surface area contributed by atoms with Crippen molar-refractivity contribution in [1.29, 1.82) is 0 Å². The fourth-order valence-corrected chi connectivity index (χ4v) is 6.08. The summed E-state index contributed by atoms with van der Waals surface area (Å²) in [5.41, 5.74) is 4.69. The van der Waals surface area contributed by atoms with E-state index in [-0.39, 0.29) is 18.2 Å². The van der Waals surface area contributed by atoms with Crippen LogP contribution in [0.5, 0.6) is 0 Å². The molecule has 2 aliphatic heterocycles. The third-order valence-electron chi connectivity index (χ3n) is 7.56. The van der Waals surface area contributed by atoms with Crippen molar-refractivity contribution >= 4 is 0 Å². The number of nitrogens with one attached hydrogen (secondary N) is 1. The van der Waals surface area contributed by atoms with Crippen LogP contribution in [0.15, 0.2) is 30.3 Å². The highest BCUT2D eigenvalue weighted by molar-refractivity contribution is 5.15. The molecule has 2 aliphatic rings. The van der Waals surface area contributed by atoms with Crippen molar-refractivity contribution in [3.05, 3.63) is 35.9 Å². The SMILES string of the molecule is CC(C)C1N(C)NC(C)N1C(C)CC1CC(C)C(C)N1C(O)(O)CCc1ccccc1. The van der Waals surface area contributed by atoms with Crippen LogP contribution in [0.2, 0.25) is 0 Å². The van der Waals surface area contributed by atoms with Crippen LogP contribution in [0.4, 0.5) is 0 Å². The molecule has 6 atom stereocenters. The first kappa shape index (κ1) is 24.6. The average Bonchev–Trinajstić information content (AvgIpc) is 3.16. The van der Waals surface area contributed by atoms with Crippen molar-refractivity contribution in [2.75, 3.05) is 7.05 Å². The zero-order chi connectivity index (χ0) is 22.9. The molecule has 1 aromatic rings. The van der Waals surface area contributed by atoms with Crippen LogP contribution >= 0.6 is 0 Å². The van der Waals surface area contributed by atoms with E-state index in [1.54, 1.807) is 0 Å². The van der Waals surface area contributed by atoms with Crippen molar-refractivity contribution < 1.29 is 10.2 Å². The smallest absolute Gasteiger partial charge is 0.225 e. The molecule has 0 aliphatic carbocycles. The molecule has 176 valence electrons. The second kappa shape index (κ2) is 9.86. The molecule has 2 heterocycles. The lowest BCUT2D eigenvalue weighted by atomic mass is 9.98. The van der Waals surface area contributed by atoms with Gasteiger partial charge in [0, 0.05) is 31.6 Å². The van der Waals surface area contributed by atoms with Crippen LogP contribution in [0.25, 0.3) is 0 Å². The number of benzene rings is 1. The predicted molar refractivity (Wildman–Crippen MR) is 126 cm³/mol. The lowest BCUT2D eigenvalue weighted by molar-refractivity contribution is -0.282. The maximum atomic E-state index is 11.2. The van der Waals surface area contributed by atoms with Gasteiger partial charge in [-0.15, -0.1) is 0 Å². The zero-order valence-corrected chi connectivity index (χ0v) is 20.5. The first-order valence-electron chi connectivity index (χ1n) is 12.1. The van der Waals surface area contributed by atoms with E-state index in [2.05, 4.69) is 76.1 Å². The molecule has 6 nitrogen and oxygen atoms in total. The Hall–Kier alpha value is -1.02. The van der Waals surface area contributed by atoms with Crippen LogP contribution in [-0.2, 0) is 6.42 Å². The summed E-state index contributed by atoms with van der Waals surface area (Å²) in [6, 6.07) is 10.7. The van der Waals surface area contributed by atoms with Gasteiger partial charge in [0.05, 0.1) is 12.3 Å².